The van der Waals surface area contributed by atoms with Crippen LogP contribution >= 0.6 is 19.2 Å². The highest BCUT2D eigenvalue weighted by atomic mass is 35.5. The van der Waals surface area contributed by atoms with E-state index in [1.54, 1.807) is 38.1 Å². The van der Waals surface area contributed by atoms with Crippen molar-refractivity contribution in [1.82, 2.24) is 0 Å². The molecule has 1 aromatic rings. The summed E-state index contributed by atoms with van der Waals surface area (Å²) in [5, 5.41) is 3.02. The molecule has 0 saturated carbocycles. The van der Waals surface area contributed by atoms with Gasteiger partial charge in [-0.25, -0.2) is 4.57 Å². The fraction of sp³-hybridized carbons (Fsp3) is 0.364. The van der Waals surface area contributed by atoms with Gasteiger partial charge in [0.2, 0.25) is 0 Å². The third kappa shape index (κ3) is 4.10. The molecule has 0 radical (unpaired) electrons. The van der Waals surface area contributed by atoms with Crippen molar-refractivity contribution in [1.29, 1.82) is 0 Å². The molecule has 100 valence electrons. The summed E-state index contributed by atoms with van der Waals surface area (Å²) >= 11 is 5.72. The maximum Gasteiger partial charge on any atom is 0.418 e. The number of amides is 1. The van der Waals surface area contributed by atoms with Crippen LogP contribution in [0, 0.1) is 0 Å². The standard InChI is InChI=1S/C11H15ClNO4P/c1-3-16-18(15,17-4-2)11(14)13-10-7-5-9(12)6-8-10/h5-8H,3-4H2,1-2H3,(H,13,14). The molecule has 0 heterocycles. The molecule has 0 saturated heterocycles. The molecule has 18 heavy (non-hydrogen) atoms. The summed E-state index contributed by atoms with van der Waals surface area (Å²) in [6.07, 6.45) is 0. The summed E-state index contributed by atoms with van der Waals surface area (Å²) < 4.78 is 21.9. The average Bonchev–Trinajstić information content (AvgIpc) is 2.32. The predicted molar refractivity (Wildman–Crippen MR) is 71.3 cm³/mol. The molecule has 1 rings (SSSR count). The zero-order chi connectivity index (χ0) is 13.6. The number of carbonyl (C=O) groups is 1. The maximum atomic E-state index is 12.1. The molecular formula is C11H15ClNO4P. The molecule has 0 spiro atoms. The van der Waals surface area contributed by atoms with E-state index in [9.17, 15) is 9.36 Å². The number of nitrogens with one attached hydrogen (secondary N) is 1. The quantitative estimate of drug-likeness (QED) is 0.800. The van der Waals surface area contributed by atoms with E-state index in [-0.39, 0.29) is 13.2 Å². The zero-order valence-corrected chi connectivity index (χ0v) is 11.8. The van der Waals surface area contributed by atoms with Gasteiger partial charge < -0.3 is 14.4 Å². The summed E-state index contributed by atoms with van der Waals surface area (Å²) in [5.74, 6) is 0. The molecule has 0 aliphatic rings. The Labute approximate surface area is 111 Å². The number of rotatable bonds is 6. The van der Waals surface area contributed by atoms with E-state index >= 15 is 0 Å². The monoisotopic (exact) mass is 291 g/mol. The van der Waals surface area contributed by atoms with Gasteiger partial charge in [0.25, 0.3) is 0 Å². The smallest absolute Gasteiger partial charge is 0.316 e. The third-order valence-corrected chi connectivity index (χ3v) is 4.00. The van der Waals surface area contributed by atoms with Crippen LogP contribution in [0.2, 0.25) is 5.02 Å². The van der Waals surface area contributed by atoms with Crippen molar-refractivity contribution in [2.24, 2.45) is 0 Å². The van der Waals surface area contributed by atoms with Gasteiger partial charge in [-0.1, -0.05) is 11.6 Å². The van der Waals surface area contributed by atoms with Crippen LogP contribution in [0.25, 0.3) is 0 Å². The Kier molecular flexibility index (Phi) is 5.82. The minimum atomic E-state index is -3.77. The van der Waals surface area contributed by atoms with Gasteiger partial charge in [-0.15, -0.1) is 0 Å². The first-order valence-electron chi connectivity index (χ1n) is 5.48. The third-order valence-electron chi connectivity index (χ3n) is 1.94. The Hall–Kier alpha value is -0.870. The van der Waals surface area contributed by atoms with Crippen LogP contribution in [0.1, 0.15) is 13.8 Å². The van der Waals surface area contributed by atoms with Crippen molar-refractivity contribution in [3.63, 3.8) is 0 Å². The van der Waals surface area contributed by atoms with Gasteiger partial charge in [0.15, 0.2) is 0 Å². The largest absolute Gasteiger partial charge is 0.418 e. The second kappa shape index (κ2) is 6.90. The van der Waals surface area contributed by atoms with Gasteiger partial charge >= 0.3 is 13.2 Å². The highest BCUT2D eigenvalue weighted by Crippen LogP contribution is 2.49. The molecule has 0 aliphatic heterocycles. The van der Waals surface area contributed by atoms with Crippen LogP contribution in [-0.2, 0) is 13.6 Å². The van der Waals surface area contributed by atoms with Crippen LogP contribution < -0.4 is 5.32 Å². The van der Waals surface area contributed by atoms with Crippen LogP contribution in [0.3, 0.4) is 0 Å². The number of hydrogen-bond donors (Lipinski definition) is 1. The van der Waals surface area contributed by atoms with Gasteiger partial charge in [-0.2, -0.15) is 0 Å². The number of hydrogen-bond acceptors (Lipinski definition) is 4. The minimum absolute atomic E-state index is 0.130. The van der Waals surface area contributed by atoms with E-state index in [0.29, 0.717) is 10.7 Å². The fourth-order valence-corrected chi connectivity index (χ4v) is 2.60. The molecular weight excluding hydrogens is 277 g/mol. The maximum absolute atomic E-state index is 12.1. The summed E-state index contributed by atoms with van der Waals surface area (Å²) in [6, 6.07) is 6.43. The predicted octanol–water partition coefficient (Wildman–Crippen LogP) is 4.14. The van der Waals surface area contributed by atoms with E-state index in [1.165, 1.54) is 0 Å². The summed E-state index contributed by atoms with van der Waals surface area (Å²) in [4.78, 5) is 11.8. The lowest BCUT2D eigenvalue weighted by molar-refractivity contribution is 0.212. The first-order chi connectivity index (χ1) is 8.51. The lowest BCUT2D eigenvalue weighted by Crippen LogP contribution is -2.14. The van der Waals surface area contributed by atoms with Gasteiger partial charge in [-0.3, -0.25) is 4.79 Å². The van der Waals surface area contributed by atoms with Crippen molar-refractivity contribution in [3.05, 3.63) is 29.3 Å². The summed E-state index contributed by atoms with van der Waals surface area (Å²) in [5.41, 5.74) is -0.308. The molecule has 7 heteroatoms. The molecule has 1 N–H and O–H groups in total. The van der Waals surface area contributed by atoms with Crippen molar-refractivity contribution in [2.45, 2.75) is 13.8 Å². The summed E-state index contributed by atoms with van der Waals surface area (Å²) in [6.45, 7) is 3.54. The molecule has 0 bridgehead atoms. The zero-order valence-electron chi connectivity index (χ0n) is 10.2. The number of anilines is 1. The van der Waals surface area contributed by atoms with Gasteiger partial charge in [0.1, 0.15) is 0 Å². The molecule has 1 aromatic carbocycles. The molecule has 1 amide bonds. The Morgan fingerprint density at radius 2 is 1.72 bits per heavy atom. The normalized spacial score (nSPS) is 11.3. The number of halogens is 1. The Morgan fingerprint density at radius 3 is 2.17 bits per heavy atom. The minimum Gasteiger partial charge on any atom is -0.316 e. The molecule has 0 fully saturated rings. The Bertz CT molecular complexity index is 439. The molecule has 0 atom stereocenters. The van der Waals surface area contributed by atoms with Gasteiger partial charge in [0.05, 0.1) is 13.2 Å². The topological polar surface area (TPSA) is 64.6 Å². The van der Waals surface area contributed by atoms with Crippen molar-refractivity contribution >= 4 is 30.5 Å². The molecule has 0 unspecified atom stereocenters. The lowest BCUT2D eigenvalue weighted by atomic mass is 10.3. The number of carbonyl (C=O) groups excluding carboxylic acids is 1. The van der Waals surface area contributed by atoms with Crippen LogP contribution in [0.5, 0.6) is 0 Å². The second-order valence-corrected chi connectivity index (χ2v) is 5.62. The molecule has 0 aliphatic carbocycles. The van der Waals surface area contributed by atoms with Crippen LogP contribution in [0.15, 0.2) is 24.3 Å². The fourth-order valence-electron chi connectivity index (χ4n) is 1.22. The Morgan fingerprint density at radius 1 is 1.22 bits per heavy atom. The van der Waals surface area contributed by atoms with Crippen LogP contribution in [0.4, 0.5) is 10.5 Å². The van der Waals surface area contributed by atoms with E-state index in [4.69, 9.17) is 20.6 Å². The van der Waals surface area contributed by atoms with E-state index in [0.717, 1.165) is 0 Å². The van der Waals surface area contributed by atoms with Gasteiger partial charge in [-0.05, 0) is 38.1 Å². The van der Waals surface area contributed by atoms with E-state index < -0.39 is 13.2 Å². The first kappa shape index (κ1) is 15.2. The van der Waals surface area contributed by atoms with Gasteiger partial charge in [0, 0.05) is 10.7 Å². The first-order valence-corrected chi connectivity index (χ1v) is 7.40. The highest BCUT2D eigenvalue weighted by Gasteiger charge is 2.34. The van der Waals surface area contributed by atoms with Crippen molar-refractivity contribution < 1.29 is 18.4 Å². The SMILES string of the molecule is CCOP(=O)(OCC)C(=O)Nc1ccc(Cl)cc1. The average molecular weight is 292 g/mol. The van der Waals surface area contributed by atoms with Crippen molar-refractivity contribution in [2.75, 3.05) is 18.5 Å². The van der Waals surface area contributed by atoms with Crippen molar-refractivity contribution in [3.8, 4) is 0 Å². The molecule has 5 nitrogen and oxygen atoms in total. The number of benzene rings is 1. The van der Waals surface area contributed by atoms with E-state index in [1.807, 2.05) is 0 Å². The molecule has 0 aromatic heterocycles. The summed E-state index contributed by atoms with van der Waals surface area (Å²) in [7, 11) is -3.77. The lowest BCUT2D eigenvalue weighted by Gasteiger charge is -2.16. The Balaban J connectivity index is 2.78. The van der Waals surface area contributed by atoms with E-state index in [2.05, 4.69) is 5.32 Å². The second-order valence-electron chi connectivity index (χ2n) is 3.27. The highest BCUT2D eigenvalue weighted by molar-refractivity contribution is 7.72. The van der Waals surface area contributed by atoms with Crippen LogP contribution in [-0.4, -0.2) is 18.9 Å².